The molecule has 144 valence electrons. The molecule has 0 aliphatic rings. The fourth-order valence-electron chi connectivity index (χ4n) is 2.62. The lowest BCUT2D eigenvalue weighted by atomic mass is 9.91. The Kier molecular flexibility index (Phi) is 7.78. The van der Waals surface area contributed by atoms with Gasteiger partial charge in [0.2, 0.25) is 0 Å². The Labute approximate surface area is 181 Å². The van der Waals surface area contributed by atoms with Crippen molar-refractivity contribution in [2.75, 3.05) is 13.6 Å². The Morgan fingerprint density at radius 2 is 1.93 bits per heavy atom. The zero-order valence-electron chi connectivity index (χ0n) is 15.7. The summed E-state index contributed by atoms with van der Waals surface area (Å²) in [5.41, 5.74) is 1.08. The molecule has 1 aromatic carbocycles. The molecule has 0 amide bonds. The molecule has 0 saturated heterocycles. The highest BCUT2D eigenvalue weighted by Gasteiger charge is 2.22. The van der Waals surface area contributed by atoms with Crippen LogP contribution in [0.25, 0.3) is 5.69 Å². The molecule has 0 aliphatic carbocycles. The molecule has 0 spiro atoms. The van der Waals surface area contributed by atoms with Crippen molar-refractivity contribution in [1.82, 2.24) is 25.4 Å². The van der Waals surface area contributed by atoms with Gasteiger partial charge in [-0.05, 0) is 23.6 Å². The van der Waals surface area contributed by atoms with Gasteiger partial charge in [-0.3, -0.25) is 9.56 Å². The van der Waals surface area contributed by atoms with Crippen LogP contribution in [-0.2, 0) is 12.0 Å². The number of nitrogens with zero attached hydrogens (tertiary/aromatic N) is 4. The minimum Gasteiger partial charge on any atom is -0.356 e. The molecule has 0 atom stereocenters. The first-order chi connectivity index (χ1) is 12.6. The summed E-state index contributed by atoms with van der Waals surface area (Å²) < 4.78 is 1.97. The number of guanidine groups is 1. The lowest BCUT2D eigenvalue weighted by molar-refractivity contribution is 0.518. The van der Waals surface area contributed by atoms with Gasteiger partial charge in [-0.1, -0.05) is 38.1 Å². The molecule has 3 aromatic rings. The summed E-state index contributed by atoms with van der Waals surface area (Å²) in [5, 5.41) is 17.1. The number of aromatic nitrogens is 3. The predicted octanol–water partition coefficient (Wildman–Crippen LogP) is 3.59. The Balaban J connectivity index is 0.00000261. The van der Waals surface area contributed by atoms with E-state index in [1.54, 1.807) is 24.7 Å². The van der Waals surface area contributed by atoms with E-state index in [1.165, 1.54) is 4.88 Å². The average molecular weight is 496 g/mol. The molecule has 3 rings (SSSR count). The lowest BCUT2D eigenvalue weighted by Gasteiger charge is -2.25. The molecule has 2 heterocycles. The highest BCUT2D eigenvalue weighted by molar-refractivity contribution is 14.0. The average Bonchev–Trinajstić information content (AvgIpc) is 3.35. The maximum atomic E-state index is 4.31. The van der Waals surface area contributed by atoms with Gasteiger partial charge in [-0.15, -0.1) is 45.5 Å². The second kappa shape index (κ2) is 9.84. The quantitative estimate of drug-likeness (QED) is 0.311. The molecule has 0 bridgehead atoms. The van der Waals surface area contributed by atoms with Crippen LogP contribution < -0.4 is 10.6 Å². The van der Waals surface area contributed by atoms with Gasteiger partial charge in [-0.25, -0.2) is 0 Å². The number of para-hydroxylation sites is 1. The van der Waals surface area contributed by atoms with Gasteiger partial charge in [0.25, 0.3) is 0 Å². The summed E-state index contributed by atoms with van der Waals surface area (Å²) in [6, 6.07) is 14.3. The molecular formula is C19H25IN6S. The van der Waals surface area contributed by atoms with E-state index >= 15 is 0 Å². The predicted molar refractivity (Wildman–Crippen MR) is 122 cm³/mol. The minimum absolute atomic E-state index is 0. The SMILES string of the molecule is CN=C(NCc1nncn1-c1ccccc1)NCC(C)(C)c1cccs1.I. The molecule has 6 nitrogen and oxygen atoms in total. The summed E-state index contributed by atoms with van der Waals surface area (Å²) in [6.45, 7) is 5.78. The Morgan fingerprint density at radius 1 is 1.15 bits per heavy atom. The molecule has 2 aromatic heterocycles. The molecule has 0 radical (unpaired) electrons. The molecule has 2 N–H and O–H groups in total. The summed E-state index contributed by atoms with van der Waals surface area (Å²) in [4.78, 5) is 5.67. The number of aliphatic imine (C=N–C) groups is 1. The smallest absolute Gasteiger partial charge is 0.191 e. The van der Waals surface area contributed by atoms with Crippen molar-refractivity contribution in [3.05, 3.63) is 64.9 Å². The fourth-order valence-corrected chi connectivity index (χ4v) is 3.47. The number of hydrogen-bond donors (Lipinski definition) is 2. The van der Waals surface area contributed by atoms with Gasteiger partial charge in [0, 0.05) is 29.6 Å². The van der Waals surface area contributed by atoms with Gasteiger partial charge in [0.1, 0.15) is 6.33 Å². The zero-order valence-corrected chi connectivity index (χ0v) is 18.9. The third-order valence-electron chi connectivity index (χ3n) is 4.18. The molecule has 8 heteroatoms. The Morgan fingerprint density at radius 3 is 2.59 bits per heavy atom. The van der Waals surface area contributed by atoms with E-state index in [2.05, 4.69) is 57.2 Å². The standard InChI is InChI=1S/C19H24N6S.HI/c1-19(2,16-10-7-11-26-16)13-22-18(20-3)21-12-17-24-23-14-25(17)15-8-5-4-6-9-15;/h4-11,14H,12-13H2,1-3H3,(H2,20,21,22);1H. The third-order valence-corrected chi connectivity index (χ3v) is 5.41. The van der Waals surface area contributed by atoms with Crippen molar-refractivity contribution >= 4 is 41.3 Å². The second-order valence-electron chi connectivity index (χ2n) is 6.59. The normalized spacial score (nSPS) is 11.7. The van der Waals surface area contributed by atoms with Crippen LogP contribution in [0.1, 0.15) is 24.5 Å². The first-order valence-electron chi connectivity index (χ1n) is 8.53. The van der Waals surface area contributed by atoms with Crippen LogP contribution in [0, 0.1) is 0 Å². The summed E-state index contributed by atoms with van der Waals surface area (Å²) in [7, 11) is 1.77. The Hall–Kier alpha value is -1.94. The van der Waals surface area contributed by atoms with Crippen molar-refractivity contribution in [2.45, 2.75) is 25.8 Å². The van der Waals surface area contributed by atoms with Gasteiger partial charge < -0.3 is 10.6 Å². The number of benzene rings is 1. The van der Waals surface area contributed by atoms with Crippen molar-refractivity contribution in [2.24, 2.45) is 4.99 Å². The van der Waals surface area contributed by atoms with E-state index in [9.17, 15) is 0 Å². The summed E-state index contributed by atoms with van der Waals surface area (Å²) >= 11 is 1.78. The monoisotopic (exact) mass is 496 g/mol. The zero-order chi connectivity index (χ0) is 18.4. The van der Waals surface area contributed by atoms with Crippen LogP contribution in [-0.4, -0.2) is 34.3 Å². The van der Waals surface area contributed by atoms with E-state index in [1.807, 2.05) is 34.9 Å². The number of thiophene rings is 1. The highest BCUT2D eigenvalue weighted by Crippen LogP contribution is 2.26. The van der Waals surface area contributed by atoms with Gasteiger partial charge in [0.15, 0.2) is 11.8 Å². The van der Waals surface area contributed by atoms with Gasteiger partial charge >= 0.3 is 0 Å². The largest absolute Gasteiger partial charge is 0.356 e. The van der Waals surface area contributed by atoms with Crippen LogP contribution >= 0.6 is 35.3 Å². The Bertz CT molecular complexity index is 842. The van der Waals surface area contributed by atoms with Crippen molar-refractivity contribution in [1.29, 1.82) is 0 Å². The minimum atomic E-state index is 0. The van der Waals surface area contributed by atoms with E-state index in [4.69, 9.17) is 0 Å². The van der Waals surface area contributed by atoms with Gasteiger partial charge in [-0.2, -0.15) is 0 Å². The molecule has 0 saturated carbocycles. The third kappa shape index (κ3) is 5.52. The second-order valence-corrected chi connectivity index (χ2v) is 7.54. The highest BCUT2D eigenvalue weighted by atomic mass is 127. The van der Waals surface area contributed by atoms with Crippen LogP contribution in [0.15, 0.2) is 59.2 Å². The lowest BCUT2D eigenvalue weighted by Crippen LogP contribution is -2.43. The van der Waals surface area contributed by atoms with Crippen LogP contribution in [0.2, 0.25) is 0 Å². The van der Waals surface area contributed by atoms with E-state index < -0.39 is 0 Å². The van der Waals surface area contributed by atoms with E-state index in [-0.39, 0.29) is 29.4 Å². The van der Waals surface area contributed by atoms with Crippen LogP contribution in [0.5, 0.6) is 0 Å². The van der Waals surface area contributed by atoms with Crippen LogP contribution in [0.3, 0.4) is 0 Å². The van der Waals surface area contributed by atoms with E-state index in [0.717, 1.165) is 24.0 Å². The van der Waals surface area contributed by atoms with Crippen molar-refractivity contribution in [3.63, 3.8) is 0 Å². The number of nitrogens with one attached hydrogen (secondary N) is 2. The molecule has 27 heavy (non-hydrogen) atoms. The number of hydrogen-bond acceptors (Lipinski definition) is 4. The molecule has 0 fully saturated rings. The maximum Gasteiger partial charge on any atom is 0.191 e. The number of halogens is 1. The topological polar surface area (TPSA) is 67.1 Å². The molecular weight excluding hydrogens is 471 g/mol. The fraction of sp³-hybridized carbons (Fsp3) is 0.316. The summed E-state index contributed by atoms with van der Waals surface area (Å²) in [5.74, 6) is 1.58. The van der Waals surface area contributed by atoms with Crippen molar-refractivity contribution in [3.8, 4) is 5.69 Å². The van der Waals surface area contributed by atoms with Crippen LogP contribution in [0.4, 0.5) is 0 Å². The molecule has 0 aliphatic heterocycles. The maximum absolute atomic E-state index is 4.31. The first-order valence-corrected chi connectivity index (χ1v) is 9.41. The van der Waals surface area contributed by atoms with E-state index in [0.29, 0.717) is 6.54 Å². The number of rotatable bonds is 6. The summed E-state index contributed by atoms with van der Waals surface area (Å²) in [6.07, 6.45) is 1.72. The molecule has 0 unspecified atom stereocenters. The van der Waals surface area contributed by atoms with Crippen molar-refractivity contribution < 1.29 is 0 Å². The van der Waals surface area contributed by atoms with Gasteiger partial charge in [0.05, 0.1) is 6.54 Å². The first kappa shape index (κ1) is 21.4.